The molecule has 0 aliphatic carbocycles. The summed E-state index contributed by atoms with van der Waals surface area (Å²) in [5, 5.41) is 7.52. The highest BCUT2D eigenvalue weighted by molar-refractivity contribution is 5.77. The van der Waals surface area contributed by atoms with Crippen molar-refractivity contribution in [2.24, 2.45) is 4.99 Å². The Bertz CT molecular complexity index is 698. The van der Waals surface area contributed by atoms with Gasteiger partial charge in [0.2, 0.25) is 0 Å². The van der Waals surface area contributed by atoms with Gasteiger partial charge in [0.15, 0.2) is 0 Å². The SMILES string of the molecule is C=CC=N/C=C\N(/C(C)=C(\C)C(=C)c1ccccc1)N(CC=C)CCNC. The van der Waals surface area contributed by atoms with Gasteiger partial charge in [-0.25, -0.2) is 5.01 Å². The monoisotopic (exact) mass is 364 g/mol. The summed E-state index contributed by atoms with van der Waals surface area (Å²) in [5.41, 5.74) is 4.34. The molecule has 0 spiro atoms. The van der Waals surface area contributed by atoms with Gasteiger partial charge in [0, 0.05) is 43.9 Å². The number of hydrogen-bond acceptors (Lipinski definition) is 4. The maximum atomic E-state index is 4.30. The zero-order chi connectivity index (χ0) is 20.1. The minimum Gasteiger partial charge on any atom is -0.318 e. The largest absolute Gasteiger partial charge is 0.318 e. The van der Waals surface area contributed by atoms with E-state index in [1.54, 1.807) is 18.5 Å². The van der Waals surface area contributed by atoms with E-state index < -0.39 is 0 Å². The van der Waals surface area contributed by atoms with Gasteiger partial charge < -0.3 is 5.32 Å². The Kier molecular flexibility index (Phi) is 10.5. The van der Waals surface area contributed by atoms with Crippen molar-refractivity contribution in [3.05, 3.63) is 91.5 Å². The fourth-order valence-electron chi connectivity index (χ4n) is 2.55. The number of allylic oxidation sites excluding steroid dienone is 4. The van der Waals surface area contributed by atoms with Gasteiger partial charge in [-0.15, -0.1) is 6.58 Å². The van der Waals surface area contributed by atoms with Gasteiger partial charge in [0.05, 0.1) is 0 Å². The molecule has 0 saturated carbocycles. The number of nitrogens with zero attached hydrogens (tertiary/aromatic N) is 3. The van der Waals surface area contributed by atoms with Crippen molar-refractivity contribution in [2.75, 3.05) is 26.7 Å². The van der Waals surface area contributed by atoms with E-state index >= 15 is 0 Å². The molecule has 0 fully saturated rings. The van der Waals surface area contributed by atoms with Gasteiger partial charge in [0.1, 0.15) is 0 Å². The molecule has 0 aromatic heterocycles. The molecule has 0 atom stereocenters. The van der Waals surface area contributed by atoms with Crippen molar-refractivity contribution in [3.63, 3.8) is 0 Å². The van der Waals surface area contributed by atoms with Crippen molar-refractivity contribution in [3.8, 4) is 0 Å². The smallest absolute Gasteiger partial charge is 0.0446 e. The van der Waals surface area contributed by atoms with Crippen LogP contribution in [0.1, 0.15) is 19.4 Å². The maximum Gasteiger partial charge on any atom is 0.0446 e. The topological polar surface area (TPSA) is 30.9 Å². The van der Waals surface area contributed by atoms with Crippen molar-refractivity contribution >= 4 is 11.8 Å². The van der Waals surface area contributed by atoms with Crippen LogP contribution < -0.4 is 5.32 Å². The van der Waals surface area contributed by atoms with Crippen LogP contribution in [-0.2, 0) is 0 Å². The second kappa shape index (κ2) is 12.6. The van der Waals surface area contributed by atoms with Gasteiger partial charge in [-0.1, -0.05) is 55.6 Å². The average Bonchev–Trinajstić information content (AvgIpc) is 2.70. The van der Waals surface area contributed by atoms with Crippen LogP contribution in [0, 0.1) is 0 Å². The molecule has 0 unspecified atom stereocenters. The Hall–Kier alpha value is -2.69. The first kappa shape index (κ1) is 22.4. The lowest BCUT2D eigenvalue weighted by Gasteiger charge is -2.35. The molecule has 1 rings (SSSR count). The minimum absolute atomic E-state index is 0.722. The van der Waals surface area contributed by atoms with Crippen molar-refractivity contribution in [1.29, 1.82) is 0 Å². The first-order chi connectivity index (χ1) is 13.1. The van der Waals surface area contributed by atoms with Crippen LogP contribution in [0.3, 0.4) is 0 Å². The van der Waals surface area contributed by atoms with Crippen LogP contribution >= 0.6 is 0 Å². The first-order valence-corrected chi connectivity index (χ1v) is 9.09. The van der Waals surface area contributed by atoms with Crippen LogP contribution in [0.15, 0.2) is 90.9 Å². The lowest BCUT2D eigenvalue weighted by atomic mass is 9.99. The third kappa shape index (κ3) is 7.21. The van der Waals surface area contributed by atoms with Crippen LogP contribution in [0.5, 0.6) is 0 Å². The number of aliphatic imine (C=N–C) groups is 1. The van der Waals surface area contributed by atoms with Crippen LogP contribution in [0.25, 0.3) is 5.57 Å². The lowest BCUT2D eigenvalue weighted by molar-refractivity contribution is 0.0701. The van der Waals surface area contributed by atoms with E-state index in [4.69, 9.17) is 0 Å². The van der Waals surface area contributed by atoms with Gasteiger partial charge >= 0.3 is 0 Å². The summed E-state index contributed by atoms with van der Waals surface area (Å²) in [6.45, 7) is 18.5. The van der Waals surface area contributed by atoms with E-state index in [1.807, 2.05) is 37.5 Å². The minimum atomic E-state index is 0.722. The molecular weight excluding hydrogens is 332 g/mol. The van der Waals surface area contributed by atoms with E-state index in [2.05, 4.69) is 66.0 Å². The predicted octanol–water partition coefficient (Wildman–Crippen LogP) is 4.65. The van der Waals surface area contributed by atoms with E-state index in [-0.39, 0.29) is 0 Å². The molecule has 1 N–H and O–H groups in total. The molecule has 0 heterocycles. The van der Waals surface area contributed by atoms with E-state index in [0.29, 0.717) is 0 Å². The Morgan fingerprint density at radius 2 is 1.89 bits per heavy atom. The summed E-state index contributed by atoms with van der Waals surface area (Å²) in [7, 11) is 1.95. The highest BCUT2D eigenvalue weighted by atomic mass is 15.6. The number of benzene rings is 1. The molecule has 0 saturated heterocycles. The zero-order valence-electron chi connectivity index (χ0n) is 16.9. The van der Waals surface area contributed by atoms with Crippen molar-refractivity contribution in [1.82, 2.24) is 15.3 Å². The number of nitrogens with one attached hydrogen (secondary N) is 1. The normalized spacial score (nSPS) is 12.4. The predicted molar refractivity (Wildman–Crippen MR) is 119 cm³/mol. The second-order valence-corrected chi connectivity index (χ2v) is 6.04. The maximum absolute atomic E-state index is 4.30. The Balaban J connectivity index is 3.25. The highest BCUT2D eigenvalue weighted by Crippen LogP contribution is 2.26. The second-order valence-electron chi connectivity index (χ2n) is 6.04. The van der Waals surface area contributed by atoms with Gasteiger partial charge in [0.25, 0.3) is 0 Å². The van der Waals surface area contributed by atoms with Crippen molar-refractivity contribution in [2.45, 2.75) is 13.8 Å². The summed E-state index contributed by atoms with van der Waals surface area (Å²) in [6, 6.07) is 10.2. The quantitative estimate of drug-likeness (QED) is 0.254. The Labute approximate surface area is 164 Å². The summed E-state index contributed by atoms with van der Waals surface area (Å²) < 4.78 is 0. The highest BCUT2D eigenvalue weighted by Gasteiger charge is 2.15. The third-order valence-corrected chi connectivity index (χ3v) is 4.21. The van der Waals surface area contributed by atoms with Gasteiger partial charge in [-0.3, -0.25) is 10.0 Å². The summed E-state index contributed by atoms with van der Waals surface area (Å²) >= 11 is 0. The van der Waals surface area contributed by atoms with Gasteiger partial charge in [-0.05, 0) is 37.6 Å². The lowest BCUT2D eigenvalue weighted by Crippen LogP contribution is -2.42. The molecule has 27 heavy (non-hydrogen) atoms. The molecule has 0 radical (unpaired) electrons. The molecule has 1 aromatic carbocycles. The number of hydrazine groups is 1. The van der Waals surface area contributed by atoms with Gasteiger partial charge in [-0.2, -0.15) is 0 Å². The molecule has 1 aromatic rings. The Morgan fingerprint density at radius 3 is 2.48 bits per heavy atom. The number of rotatable bonds is 12. The van der Waals surface area contributed by atoms with E-state index in [1.165, 1.54) is 0 Å². The van der Waals surface area contributed by atoms with Crippen LogP contribution in [0.2, 0.25) is 0 Å². The molecule has 0 aliphatic heterocycles. The zero-order valence-corrected chi connectivity index (χ0v) is 16.9. The molecule has 0 amide bonds. The third-order valence-electron chi connectivity index (χ3n) is 4.21. The number of hydrogen-bond donors (Lipinski definition) is 1. The fourth-order valence-corrected chi connectivity index (χ4v) is 2.55. The number of likely N-dealkylation sites (N-methyl/N-ethyl adjacent to an activating group) is 1. The average molecular weight is 365 g/mol. The standard InChI is InChI=1S/C23H32N4/c1-7-14-25-16-19-27(26(17-8-2)18-15-24-6)22(5)20(3)21(4)23-12-10-9-11-13-23/h7-14,16,19,24H,1-2,4,15,17-18H2,3,5-6H3/b19-16-,22-20+,25-14?. The molecular formula is C23H32N4. The van der Waals surface area contributed by atoms with E-state index in [9.17, 15) is 0 Å². The molecule has 144 valence electrons. The van der Waals surface area contributed by atoms with Crippen LogP contribution in [-0.4, -0.2) is 42.9 Å². The van der Waals surface area contributed by atoms with Crippen molar-refractivity contribution < 1.29 is 0 Å². The Morgan fingerprint density at radius 1 is 1.19 bits per heavy atom. The molecule has 4 heteroatoms. The molecule has 4 nitrogen and oxygen atoms in total. The summed E-state index contributed by atoms with van der Waals surface area (Å²) in [4.78, 5) is 4.22. The van der Waals surface area contributed by atoms with E-state index in [0.717, 1.165) is 42.0 Å². The molecule has 0 aliphatic rings. The summed E-state index contributed by atoms with van der Waals surface area (Å²) in [5.74, 6) is 0. The fraction of sp³-hybridized carbons (Fsp3) is 0.261. The molecule has 0 bridgehead atoms. The van der Waals surface area contributed by atoms with Crippen LogP contribution in [0.4, 0.5) is 0 Å². The first-order valence-electron chi connectivity index (χ1n) is 9.09. The summed E-state index contributed by atoms with van der Waals surface area (Å²) in [6.07, 6.45) is 8.94.